The van der Waals surface area contributed by atoms with Crippen molar-refractivity contribution >= 4 is 0 Å². The molecule has 0 aromatic heterocycles. The average Bonchev–Trinajstić information content (AvgIpc) is 2.41. The molecule has 2 rings (SSSR count). The first-order chi connectivity index (χ1) is 8.36. The van der Waals surface area contributed by atoms with Crippen LogP contribution in [0.1, 0.15) is 39.0 Å². The summed E-state index contributed by atoms with van der Waals surface area (Å²) < 4.78 is 10.9. The first kappa shape index (κ1) is 13.3. The molecule has 2 fully saturated rings. The summed E-state index contributed by atoms with van der Waals surface area (Å²) in [6, 6.07) is 0.607. The van der Waals surface area contributed by atoms with Crippen LogP contribution in [0.2, 0.25) is 0 Å². The lowest BCUT2D eigenvalue weighted by Gasteiger charge is -2.29. The van der Waals surface area contributed by atoms with Crippen molar-refractivity contribution in [1.29, 1.82) is 0 Å². The molecule has 3 heteroatoms. The Morgan fingerprint density at radius 3 is 2.65 bits per heavy atom. The van der Waals surface area contributed by atoms with E-state index in [0.717, 1.165) is 44.8 Å². The van der Waals surface area contributed by atoms with E-state index in [1.54, 1.807) is 0 Å². The second-order valence-corrected chi connectivity index (χ2v) is 5.56. The smallest absolute Gasteiger partial charge is 0.0509 e. The first-order valence-corrected chi connectivity index (χ1v) is 7.25. The molecule has 100 valence electrons. The van der Waals surface area contributed by atoms with Crippen LogP contribution in [0.15, 0.2) is 0 Å². The van der Waals surface area contributed by atoms with Gasteiger partial charge in [0.05, 0.1) is 6.61 Å². The highest BCUT2D eigenvalue weighted by Gasteiger charge is 2.20. The van der Waals surface area contributed by atoms with E-state index in [-0.39, 0.29) is 0 Å². The van der Waals surface area contributed by atoms with Crippen molar-refractivity contribution in [3.05, 3.63) is 0 Å². The normalized spacial score (nSPS) is 29.1. The van der Waals surface area contributed by atoms with Gasteiger partial charge < -0.3 is 14.8 Å². The fourth-order valence-corrected chi connectivity index (χ4v) is 2.88. The average molecular weight is 241 g/mol. The van der Waals surface area contributed by atoms with Crippen LogP contribution in [0.5, 0.6) is 0 Å². The van der Waals surface area contributed by atoms with E-state index in [1.165, 1.54) is 32.1 Å². The quantitative estimate of drug-likeness (QED) is 0.800. The molecule has 2 aliphatic heterocycles. The monoisotopic (exact) mass is 241 g/mol. The van der Waals surface area contributed by atoms with Crippen LogP contribution >= 0.6 is 0 Å². The van der Waals surface area contributed by atoms with Crippen molar-refractivity contribution in [1.82, 2.24) is 5.32 Å². The van der Waals surface area contributed by atoms with Crippen LogP contribution in [0.25, 0.3) is 0 Å². The molecule has 0 spiro atoms. The molecular formula is C14H27NO2. The predicted octanol–water partition coefficient (Wildman–Crippen LogP) is 2.21. The van der Waals surface area contributed by atoms with Gasteiger partial charge in [-0.15, -0.1) is 0 Å². The first-order valence-electron chi connectivity index (χ1n) is 7.25. The third-order valence-corrected chi connectivity index (χ3v) is 4.26. The van der Waals surface area contributed by atoms with E-state index in [0.29, 0.717) is 6.04 Å². The third-order valence-electron chi connectivity index (χ3n) is 4.26. The largest absolute Gasteiger partial charge is 0.381 e. The van der Waals surface area contributed by atoms with Crippen molar-refractivity contribution < 1.29 is 9.47 Å². The van der Waals surface area contributed by atoms with Gasteiger partial charge in [0.25, 0.3) is 0 Å². The number of ether oxygens (including phenoxy) is 2. The van der Waals surface area contributed by atoms with Gasteiger partial charge in [0.15, 0.2) is 0 Å². The Morgan fingerprint density at radius 1 is 1.12 bits per heavy atom. The Bertz CT molecular complexity index is 198. The summed E-state index contributed by atoms with van der Waals surface area (Å²) in [5.74, 6) is 1.60. The molecule has 0 radical (unpaired) electrons. The van der Waals surface area contributed by atoms with Gasteiger partial charge in [-0.2, -0.15) is 0 Å². The molecule has 3 nitrogen and oxygen atoms in total. The van der Waals surface area contributed by atoms with E-state index < -0.39 is 0 Å². The minimum Gasteiger partial charge on any atom is -0.381 e. The highest BCUT2D eigenvalue weighted by atomic mass is 16.5. The molecule has 2 saturated heterocycles. The summed E-state index contributed by atoms with van der Waals surface area (Å²) in [6.45, 7) is 7.32. The molecule has 0 aliphatic carbocycles. The van der Waals surface area contributed by atoms with Gasteiger partial charge in [0.1, 0.15) is 0 Å². The van der Waals surface area contributed by atoms with Crippen LogP contribution < -0.4 is 5.32 Å². The minimum atomic E-state index is 0.607. The fraction of sp³-hybridized carbons (Fsp3) is 1.00. The Kier molecular flexibility index (Phi) is 5.75. The summed E-state index contributed by atoms with van der Waals surface area (Å²) in [4.78, 5) is 0. The van der Waals surface area contributed by atoms with Crippen LogP contribution in [0.4, 0.5) is 0 Å². The molecule has 2 aliphatic rings. The standard InChI is InChI=1S/C14H27NO2/c1-12(14-3-2-8-17-11-14)15-7-4-13-5-9-16-10-6-13/h12-15H,2-11H2,1H3. The zero-order chi connectivity index (χ0) is 11.9. The number of hydrogen-bond donors (Lipinski definition) is 1. The van der Waals surface area contributed by atoms with Crippen molar-refractivity contribution in [3.8, 4) is 0 Å². The van der Waals surface area contributed by atoms with E-state index in [9.17, 15) is 0 Å². The van der Waals surface area contributed by atoms with Gasteiger partial charge in [-0.1, -0.05) is 0 Å². The number of rotatable bonds is 5. The molecule has 0 aromatic carbocycles. The molecule has 1 N–H and O–H groups in total. The summed E-state index contributed by atoms with van der Waals surface area (Å²) in [5, 5.41) is 3.68. The predicted molar refractivity (Wildman–Crippen MR) is 69.2 cm³/mol. The van der Waals surface area contributed by atoms with Crippen LogP contribution in [-0.2, 0) is 9.47 Å². The summed E-state index contributed by atoms with van der Waals surface area (Å²) in [5.41, 5.74) is 0. The zero-order valence-corrected chi connectivity index (χ0v) is 11.1. The minimum absolute atomic E-state index is 0.607. The van der Waals surface area contributed by atoms with Crippen molar-refractivity contribution in [2.45, 2.75) is 45.1 Å². The number of nitrogens with one attached hydrogen (secondary N) is 1. The summed E-state index contributed by atoms with van der Waals surface area (Å²) >= 11 is 0. The second kappa shape index (κ2) is 7.34. The Hall–Kier alpha value is -0.120. The van der Waals surface area contributed by atoms with Crippen molar-refractivity contribution in [2.24, 2.45) is 11.8 Å². The highest BCUT2D eigenvalue weighted by Crippen LogP contribution is 2.19. The molecule has 0 saturated carbocycles. The highest BCUT2D eigenvalue weighted by molar-refractivity contribution is 4.75. The Labute approximate surface area is 105 Å². The molecule has 17 heavy (non-hydrogen) atoms. The van der Waals surface area contributed by atoms with E-state index in [1.807, 2.05) is 0 Å². The second-order valence-electron chi connectivity index (χ2n) is 5.56. The van der Waals surface area contributed by atoms with Gasteiger partial charge in [-0.05, 0) is 57.4 Å². The van der Waals surface area contributed by atoms with E-state index in [2.05, 4.69) is 12.2 Å². The van der Waals surface area contributed by atoms with Gasteiger partial charge in [0.2, 0.25) is 0 Å². The van der Waals surface area contributed by atoms with Crippen molar-refractivity contribution in [2.75, 3.05) is 33.0 Å². The lowest BCUT2D eigenvalue weighted by Crippen LogP contribution is -2.39. The lowest BCUT2D eigenvalue weighted by atomic mass is 9.93. The van der Waals surface area contributed by atoms with Gasteiger partial charge in [-0.3, -0.25) is 0 Å². The molecule has 2 heterocycles. The van der Waals surface area contributed by atoms with Crippen LogP contribution in [-0.4, -0.2) is 39.0 Å². The summed E-state index contributed by atoms with van der Waals surface area (Å²) in [6.07, 6.45) is 6.37. The van der Waals surface area contributed by atoms with Gasteiger partial charge in [-0.25, -0.2) is 0 Å². The maximum atomic E-state index is 5.54. The maximum absolute atomic E-state index is 5.54. The molecular weight excluding hydrogens is 214 g/mol. The third kappa shape index (κ3) is 4.57. The van der Waals surface area contributed by atoms with Gasteiger partial charge >= 0.3 is 0 Å². The van der Waals surface area contributed by atoms with E-state index >= 15 is 0 Å². The molecule has 0 amide bonds. The SMILES string of the molecule is CC(NCCC1CCOCC1)C1CCCOC1. The topological polar surface area (TPSA) is 30.5 Å². The Morgan fingerprint density at radius 2 is 1.94 bits per heavy atom. The fourth-order valence-electron chi connectivity index (χ4n) is 2.88. The van der Waals surface area contributed by atoms with Crippen LogP contribution in [0.3, 0.4) is 0 Å². The molecule has 0 aromatic rings. The molecule has 2 unspecified atom stereocenters. The number of hydrogen-bond acceptors (Lipinski definition) is 3. The van der Waals surface area contributed by atoms with E-state index in [4.69, 9.17) is 9.47 Å². The zero-order valence-electron chi connectivity index (χ0n) is 11.1. The maximum Gasteiger partial charge on any atom is 0.0509 e. The van der Waals surface area contributed by atoms with Crippen LogP contribution in [0, 0.1) is 11.8 Å². The lowest BCUT2D eigenvalue weighted by molar-refractivity contribution is 0.0406. The molecule has 0 bridgehead atoms. The Balaban J connectivity index is 1.57. The van der Waals surface area contributed by atoms with Crippen molar-refractivity contribution in [3.63, 3.8) is 0 Å². The molecule has 2 atom stereocenters. The summed E-state index contributed by atoms with van der Waals surface area (Å²) in [7, 11) is 0. The van der Waals surface area contributed by atoms with Gasteiger partial charge in [0, 0.05) is 25.9 Å².